The molecule has 0 saturated carbocycles. The molecule has 0 atom stereocenters. The third-order valence-electron chi connectivity index (χ3n) is 6.44. The van der Waals surface area contributed by atoms with Gasteiger partial charge in [0.15, 0.2) is 0 Å². The molecule has 1 aromatic carbocycles. The highest BCUT2D eigenvalue weighted by Crippen LogP contribution is 2.31. The van der Waals surface area contributed by atoms with Crippen molar-refractivity contribution in [3.63, 3.8) is 0 Å². The lowest BCUT2D eigenvalue weighted by Gasteiger charge is -2.35. The highest BCUT2D eigenvalue weighted by atomic mass is 32.1. The summed E-state index contributed by atoms with van der Waals surface area (Å²) in [5.41, 5.74) is -0.964. The first-order chi connectivity index (χ1) is 18.6. The number of pyridine rings is 1. The maximum absolute atomic E-state index is 13.3. The summed E-state index contributed by atoms with van der Waals surface area (Å²) in [6.07, 6.45) is -1.63. The quantitative estimate of drug-likeness (QED) is 0.402. The lowest BCUT2D eigenvalue weighted by Crippen LogP contribution is -2.49. The van der Waals surface area contributed by atoms with Gasteiger partial charge in [-0.2, -0.15) is 13.2 Å². The maximum atomic E-state index is 13.3. The highest BCUT2D eigenvalue weighted by molar-refractivity contribution is 7.20. The summed E-state index contributed by atoms with van der Waals surface area (Å²) in [5, 5.41) is 2.62. The standard InChI is InChI=1S/C26H23F3N6O3S/c1-16-21-23(39-22(16)25(38)34-11-9-33(10-12-34)19-7-2-3-8-30-19)31-15-35(24(21)37)14-20(36)32-18-6-4-5-17(13-18)26(27,28)29/h2-8,13,15H,9-12,14H2,1H3,(H,32,36). The van der Waals surface area contributed by atoms with Crippen molar-refractivity contribution in [1.82, 2.24) is 19.4 Å². The number of carbonyl (C=O) groups excluding carboxylic acids is 2. The van der Waals surface area contributed by atoms with Crippen LogP contribution in [0.5, 0.6) is 0 Å². The highest BCUT2D eigenvalue weighted by Gasteiger charge is 2.31. The molecule has 4 aromatic rings. The Bertz CT molecular complexity index is 1590. The minimum Gasteiger partial charge on any atom is -0.353 e. The molecular formula is C26H23F3N6O3S. The van der Waals surface area contributed by atoms with Crippen LogP contribution in [-0.4, -0.2) is 57.4 Å². The molecule has 1 N–H and O–H groups in total. The van der Waals surface area contributed by atoms with E-state index in [2.05, 4.69) is 20.2 Å². The Kier molecular flexibility index (Phi) is 7.08. The largest absolute Gasteiger partial charge is 0.416 e. The van der Waals surface area contributed by atoms with Crippen molar-refractivity contribution in [2.24, 2.45) is 0 Å². The molecule has 2 amide bonds. The average Bonchev–Trinajstić information content (AvgIpc) is 3.27. The van der Waals surface area contributed by atoms with E-state index < -0.39 is 29.8 Å². The van der Waals surface area contributed by atoms with Gasteiger partial charge in [0.25, 0.3) is 11.5 Å². The van der Waals surface area contributed by atoms with Crippen LogP contribution in [0.2, 0.25) is 0 Å². The molecule has 1 aliphatic rings. The Morgan fingerprint density at radius 1 is 1.05 bits per heavy atom. The molecule has 0 spiro atoms. The van der Waals surface area contributed by atoms with Crippen molar-refractivity contribution in [1.29, 1.82) is 0 Å². The van der Waals surface area contributed by atoms with Crippen LogP contribution in [0.4, 0.5) is 24.7 Å². The van der Waals surface area contributed by atoms with E-state index >= 15 is 0 Å². The zero-order valence-corrected chi connectivity index (χ0v) is 21.6. The second-order valence-corrected chi connectivity index (χ2v) is 10.0. The van der Waals surface area contributed by atoms with Crippen LogP contribution < -0.4 is 15.8 Å². The fourth-order valence-corrected chi connectivity index (χ4v) is 5.53. The summed E-state index contributed by atoms with van der Waals surface area (Å²) in [5.74, 6) is -0.0265. The fraction of sp³-hybridized carbons (Fsp3) is 0.269. The van der Waals surface area contributed by atoms with Gasteiger partial charge < -0.3 is 15.1 Å². The normalized spacial score (nSPS) is 14.1. The van der Waals surface area contributed by atoms with E-state index in [0.717, 1.165) is 33.9 Å². The Morgan fingerprint density at radius 2 is 1.82 bits per heavy atom. The molecule has 1 saturated heterocycles. The van der Waals surface area contributed by atoms with E-state index in [1.165, 1.54) is 18.5 Å². The summed E-state index contributed by atoms with van der Waals surface area (Å²) in [6.45, 7) is 3.46. The molecule has 39 heavy (non-hydrogen) atoms. The number of aromatic nitrogens is 3. The number of carbonyl (C=O) groups is 2. The number of halogens is 3. The number of nitrogens with one attached hydrogen (secondary N) is 1. The maximum Gasteiger partial charge on any atom is 0.416 e. The van der Waals surface area contributed by atoms with Crippen LogP contribution in [0, 0.1) is 6.92 Å². The Balaban J connectivity index is 1.30. The Morgan fingerprint density at radius 3 is 2.51 bits per heavy atom. The van der Waals surface area contributed by atoms with Gasteiger partial charge >= 0.3 is 6.18 Å². The SMILES string of the molecule is Cc1c(C(=O)N2CCN(c3ccccn3)CC2)sc2ncn(CC(=O)Nc3cccc(C(F)(F)F)c3)c(=O)c12. The number of hydrogen-bond acceptors (Lipinski definition) is 7. The molecule has 1 fully saturated rings. The molecule has 13 heteroatoms. The van der Waals surface area contributed by atoms with E-state index in [0.29, 0.717) is 41.5 Å². The molecule has 3 aromatic heterocycles. The van der Waals surface area contributed by atoms with Crippen LogP contribution >= 0.6 is 11.3 Å². The third kappa shape index (κ3) is 5.48. The Hall–Kier alpha value is -4.26. The first-order valence-corrected chi connectivity index (χ1v) is 12.8. The van der Waals surface area contributed by atoms with Gasteiger partial charge in [0.05, 0.1) is 22.2 Å². The average molecular weight is 557 g/mol. The Labute approximate surface area is 224 Å². The molecule has 9 nitrogen and oxygen atoms in total. The third-order valence-corrected chi connectivity index (χ3v) is 7.63. The summed E-state index contributed by atoms with van der Waals surface area (Å²) < 4.78 is 40.0. The number of benzene rings is 1. The number of aryl methyl sites for hydroxylation is 1. The van der Waals surface area contributed by atoms with Crippen LogP contribution in [-0.2, 0) is 17.5 Å². The van der Waals surface area contributed by atoms with Gasteiger partial charge in [-0.3, -0.25) is 19.0 Å². The van der Waals surface area contributed by atoms with E-state index in [4.69, 9.17) is 0 Å². The molecule has 0 unspecified atom stereocenters. The molecule has 0 aliphatic carbocycles. The number of nitrogens with zero attached hydrogens (tertiary/aromatic N) is 5. The lowest BCUT2D eigenvalue weighted by atomic mass is 10.2. The summed E-state index contributed by atoms with van der Waals surface area (Å²) in [6, 6.07) is 9.91. The van der Waals surface area contributed by atoms with Gasteiger partial charge in [0.2, 0.25) is 5.91 Å². The van der Waals surface area contributed by atoms with Crippen LogP contribution in [0.1, 0.15) is 20.8 Å². The van der Waals surface area contributed by atoms with Crippen molar-refractivity contribution in [3.8, 4) is 0 Å². The zero-order chi connectivity index (χ0) is 27.7. The number of anilines is 2. The van der Waals surface area contributed by atoms with Gasteiger partial charge in [0, 0.05) is 38.1 Å². The van der Waals surface area contributed by atoms with Gasteiger partial charge in [-0.05, 0) is 42.8 Å². The van der Waals surface area contributed by atoms with Crippen LogP contribution in [0.15, 0.2) is 59.8 Å². The number of fused-ring (bicyclic) bond motifs is 1. The van der Waals surface area contributed by atoms with Crippen molar-refractivity contribution in [2.75, 3.05) is 36.4 Å². The van der Waals surface area contributed by atoms with Crippen molar-refractivity contribution < 1.29 is 22.8 Å². The van der Waals surface area contributed by atoms with Crippen molar-refractivity contribution >= 4 is 44.9 Å². The van der Waals surface area contributed by atoms with E-state index in [1.54, 1.807) is 18.0 Å². The number of hydrogen-bond donors (Lipinski definition) is 1. The second kappa shape index (κ2) is 10.5. The number of amides is 2. The predicted octanol–water partition coefficient (Wildman–Crippen LogP) is 3.78. The first-order valence-electron chi connectivity index (χ1n) is 12.0. The summed E-state index contributed by atoms with van der Waals surface area (Å²) in [7, 11) is 0. The zero-order valence-electron chi connectivity index (χ0n) is 20.7. The molecule has 0 radical (unpaired) electrons. The van der Waals surface area contributed by atoms with Crippen LogP contribution in [0.25, 0.3) is 10.2 Å². The molecule has 0 bridgehead atoms. The molecular weight excluding hydrogens is 533 g/mol. The lowest BCUT2D eigenvalue weighted by molar-refractivity contribution is -0.137. The molecule has 4 heterocycles. The summed E-state index contributed by atoms with van der Waals surface area (Å²) >= 11 is 1.12. The second-order valence-electron chi connectivity index (χ2n) is 9.01. The van der Waals surface area contributed by atoms with Gasteiger partial charge in [0.1, 0.15) is 17.2 Å². The van der Waals surface area contributed by atoms with Crippen molar-refractivity contribution in [2.45, 2.75) is 19.6 Å². The smallest absolute Gasteiger partial charge is 0.353 e. The van der Waals surface area contributed by atoms with Gasteiger partial charge in [-0.25, -0.2) is 9.97 Å². The molecule has 202 valence electrons. The monoisotopic (exact) mass is 556 g/mol. The molecule has 5 rings (SSSR count). The van der Waals surface area contributed by atoms with E-state index in [-0.39, 0.29) is 17.0 Å². The van der Waals surface area contributed by atoms with Crippen molar-refractivity contribution in [3.05, 3.63) is 81.3 Å². The molecule has 1 aliphatic heterocycles. The van der Waals surface area contributed by atoms with E-state index in [9.17, 15) is 27.6 Å². The predicted molar refractivity (Wildman–Crippen MR) is 141 cm³/mol. The minimum absolute atomic E-state index is 0.0420. The number of rotatable bonds is 5. The topological polar surface area (TPSA) is 100 Å². The van der Waals surface area contributed by atoms with Gasteiger partial charge in [-0.15, -0.1) is 11.3 Å². The van der Waals surface area contributed by atoms with Gasteiger partial charge in [-0.1, -0.05) is 12.1 Å². The van der Waals surface area contributed by atoms with Crippen LogP contribution in [0.3, 0.4) is 0 Å². The van der Waals surface area contributed by atoms with E-state index in [1.807, 2.05) is 18.2 Å². The summed E-state index contributed by atoms with van der Waals surface area (Å²) in [4.78, 5) is 52.3. The number of thiophene rings is 1. The minimum atomic E-state index is -4.55. The first kappa shape index (κ1) is 26.4. The number of piperazine rings is 1. The number of alkyl halides is 3. The fourth-order valence-electron chi connectivity index (χ4n) is 4.43.